The number of methoxy groups -OCH3 is 1. The molecule has 32 heavy (non-hydrogen) atoms. The van der Waals surface area contributed by atoms with Crippen LogP contribution in [0, 0.1) is 10.1 Å². The molecular formula is C20H18N4O8. The summed E-state index contributed by atoms with van der Waals surface area (Å²) in [5.41, 5.74) is 2.92. The molecule has 1 saturated heterocycles. The smallest absolute Gasteiger partial charge is 0.338 e. The summed E-state index contributed by atoms with van der Waals surface area (Å²) in [5, 5.41) is 14.4. The molecule has 2 aromatic rings. The second-order valence-electron chi connectivity index (χ2n) is 6.58. The van der Waals surface area contributed by atoms with Crippen LogP contribution in [0.4, 0.5) is 17.1 Å². The van der Waals surface area contributed by atoms with Gasteiger partial charge in [-0.1, -0.05) is 0 Å². The highest BCUT2D eigenvalue weighted by Gasteiger charge is 2.24. The largest absolute Gasteiger partial charge is 0.494 e. The van der Waals surface area contributed by atoms with Crippen LogP contribution in [0.2, 0.25) is 0 Å². The van der Waals surface area contributed by atoms with Crippen LogP contribution in [0.25, 0.3) is 0 Å². The third-order valence-electron chi connectivity index (χ3n) is 4.42. The molecule has 0 saturated carbocycles. The van der Waals surface area contributed by atoms with Crippen LogP contribution in [-0.2, 0) is 19.1 Å². The number of non-ortho nitro benzene ring substituents is 1. The molecule has 0 bridgehead atoms. The van der Waals surface area contributed by atoms with Gasteiger partial charge in [-0.15, -0.1) is 0 Å². The van der Waals surface area contributed by atoms with Crippen molar-refractivity contribution in [2.24, 2.45) is 0 Å². The molecule has 0 aliphatic carbocycles. The predicted octanol–water partition coefficient (Wildman–Crippen LogP) is 1.56. The molecule has 12 nitrogen and oxygen atoms in total. The number of nitro groups is 1. The summed E-state index contributed by atoms with van der Waals surface area (Å²) in [6.45, 7) is -0.610. The maximum Gasteiger partial charge on any atom is 0.338 e. The molecule has 12 heteroatoms. The highest BCUT2D eigenvalue weighted by Crippen LogP contribution is 2.29. The summed E-state index contributed by atoms with van der Waals surface area (Å²) in [5.74, 6) is -1.95. The number of anilines is 2. The van der Waals surface area contributed by atoms with Crippen LogP contribution in [0.15, 0.2) is 42.5 Å². The first-order valence-corrected chi connectivity index (χ1v) is 9.30. The average molecular weight is 442 g/mol. The van der Waals surface area contributed by atoms with E-state index in [1.54, 1.807) is 0 Å². The zero-order chi connectivity index (χ0) is 23.3. The van der Waals surface area contributed by atoms with Crippen LogP contribution < -0.4 is 20.5 Å². The number of nitro benzene ring substituents is 1. The van der Waals surface area contributed by atoms with E-state index in [2.05, 4.69) is 10.7 Å². The summed E-state index contributed by atoms with van der Waals surface area (Å²) in [6, 6.07) is 9.35. The van der Waals surface area contributed by atoms with E-state index in [1.165, 1.54) is 43.5 Å². The average Bonchev–Trinajstić information content (AvgIpc) is 2.79. The molecule has 1 fully saturated rings. The Hall–Kier alpha value is -4.48. The maximum absolute atomic E-state index is 12.2. The van der Waals surface area contributed by atoms with E-state index < -0.39 is 23.4 Å². The van der Waals surface area contributed by atoms with Gasteiger partial charge in [0.15, 0.2) is 6.61 Å². The number of hydrazine groups is 1. The molecular weight excluding hydrogens is 424 g/mol. The number of esters is 1. The minimum atomic E-state index is -0.781. The van der Waals surface area contributed by atoms with Crippen molar-refractivity contribution < 1.29 is 33.6 Å². The first-order chi connectivity index (χ1) is 15.3. The molecule has 1 aliphatic rings. The minimum absolute atomic E-state index is 0.0776. The van der Waals surface area contributed by atoms with Crippen molar-refractivity contribution in [1.82, 2.24) is 5.43 Å². The maximum atomic E-state index is 12.2. The molecule has 2 N–H and O–H groups in total. The molecule has 0 atom stereocenters. The summed E-state index contributed by atoms with van der Waals surface area (Å²) < 4.78 is 10.00. The SMILES string of the molecule is COc1cc([N+](=O)[O-])ccc1NC(=O)COC(=O)c1ccc(N2NC(=O)CCC2=O)cc1. The number of nitrogens with one attached hydrogen (secondary N) is 2. The van der Waals surface area contributed by atoms with Crippen LogP contribution in [-0.4, -0.2) is 42.3 Å². The van der Waals surface area contributed by atoms with Gasteiger partial charge in [0.2, 0.25) is 11.8 Å². The van der Waals surface area contributed by atoms with Crippen LogP contribution >= 0.6 is 0 Å². The van der Waals surface area contributed by atoms with Crippen molar-refractivity contribution in [3.8, 4) is 5.75 Å². The third kappa shape index (κ3) is 5.16. The third-order valence-corrected chi connectivity index (χ3v) is 4.42. The summed E-state index contributed by atoms with van der Waals surface area (Å²) >= 11 is 0. The number of nitrogens with zero attached hydrogens (tertiary/aromatic N) is 2. The van der Waals surface area contributed by atoms with Gasteiger partial charge in [0, 0.05) is 18.9 Å². The van der Waals surface area contributed by atoms with Crippen LogP contribution in [0.5, 0.6) is 5.75 Å². The fourth-order valence-electron chi connectivity index (χ4n) is 2.83. The Balaban J connectivity index is 1.57. The number of hydrogen-bond acceptors (Lipinski definition) is 8. The topological polar surface area (TPSA) is 157 Å². The molecule has 3 rings (SSSR count). The second-order valence-corrected chi connectivity index (χ2v) is 6.58. The monoisotopic (exact) mass is 442 g/mol. The van der Waals surface area contributed by atoms with Gasteiger partial charge in [0.05, 0.1) is 35.0 Å². The van der Waals surface area contributed by atoms with Crippen molar-refractivity contribution in [1.29, 1.82) is 0 Å². The second kappa shape index (κ2) is 9.55. The van der Waals surface area contributed by atoms with Crippen molar-refractivity contribution in [2.75, 3.05) is 24.0 Å². The zero-order valence-electron chi connectivity index (χ0n) is 16.8. The number of amides is 3. The quantitative estimate of drug-likeness (QED) is 0.371. The zero-order valence-corrected chi connectivity index (χ0v) is 16.8. The van der Waals surface area contributed by atoms with E-state index in [4.69, 9.17) is 9.47 Å². The molecule has 0 aromatic heterocycles. The van der Waals surface area contributed by atoms with Crippen molar-refractivity contribution in [3.63, 3.8) is 0 Å². The van der Waals surface area contributed by atoms with Gasteiger partial charge in [0.1, 0.15) is 5.75 Å². The number of carbonyl (C=O) groups is 4. The molecule has 0 unspecified atom stereocenters. The van der Waals surface area contributed by atoms with Gasteiger partial charge in [-0.25, -0.2) is 9.80 Å². The van der Waals surface area contributed by atoms with Gasteiger partial charge < -0.3 is 14.8 Å². The van der Waals surface area contributed by atoms with Crippen molar-refractivity contribution in [2.45, 2.75) is 12.8 Å². The van der Waals surface area contributed by atoms with Gasteiger partial charge in [0.25, 0.3) is 11.6 Å². The van der Waals surface area contributed by atoms with Crippen LogP contribution in [0.3, 0.4) is 0 Å². The highest BCUT2D eigenvalue weighted by molar-refractivity contribution is 6.01. The number of carbonyl (C=O) groups excluding carboxylic acids is 4. The lowest BCUT2D eigenvalue weighted by Crippen LogP contribution is -2.50. The fraction of sp³-hybridized carbons (Fsp3) is 0.200. The van der Waals surface area contributed by atoms with E-state index in [1.807, 2.05) is 0 Å². The lowest BCUT2D eigenvalue weighted by Gasteiger charge is -2.27. The lowest BCUT2D eigenvalue weighted by atomic mass is 10.2. The Morgan fingerprint density at radius 2 is 1.88 bits per heavy atom. The minimum Gasteiger partial charge on any atom is -0.494 e. The fourth-order valence-corrected chi connectivity index (χ4v) is 2.83. The highest BCUT2D eigenvalue weighted by atomic mass is 16.6. The van der Waals surface area contributed by atoms with Gasteiger partial charge >= 0.3 is 5.97 Å². The molecule has 0 spiro atoms. The van der Waals surface area contributed by atoms with Crippen LogP contribution in [0.1, 0.15) is 23.2 Å². The van der Waals surface area contributed by atoms with E-state index in [-0.39, 0.29) is 47.3 Å². The van der Waals surface area contributed by atoms with E-state index >= 15 is 0 Å². The van der Waals surface area contributed by atoms with Crippen molar-refractivity contribution >= 4 is 40.8 Å². The predicted molar refractivity (Wildman–Crippen MR) is 110 cm³/mol. The van der Waals surface area contributed by atoms with Gasteiger partial charge in [-0.05, 0) is 30.3 Å². The number of benzene rings is 2. The summed E-state index contributed by atoms with van der Waals surface area (Å²) in [7, 11) is 1.29. The number of hydrogen-bond donors (Lipinski definition) is 2. The van der Waals surface area contributed by atoms with E-state index in [9.17, 15) is 29.3 Å². The Bertz CT molecular complexity index is 1080. The Morgan fingerprint density at radius 3 is 2.53 bits per heavy atom. The Kier molecular flexibility index (Phi) is 6.63. The molecule has 1 heterocycles. The van der Waals surface area contributed by atoms with Crippen molar-refractivity contribution in [3.05, 3.63) is 58.1 Å². The summed E-state index contributed by atoms with van der Waals surface area (Å²) in [4.78, 5) is 57.9. The molecule has 1 aliphatic heterocycles. The molecule has 166 valence electrons. The number of rotatable bonds is 7. The first-order valence-electron chi connectivity index (χ1n) is 9.30. The Morgan fingerprint density at radius 1 is 1.16 bits per heavy atom. The van der Waals surface area contributed by atoms with Gasteiger partial charge in [-0.3, -0.25) is 29.9 Å². The standard InChI is InChI=1S/C20H18N4O8/c1-31-16-10-14(24(29)30)6-7-15(16)21-18(26)11-32-20(28)12-2-4-13(5-3-12)23-19(27)9-8-17(25)22-23/h2-7,10H,8-9,11H2,1H3,(H,21,26)(H,22,25). The molecule has 2 aromatic carbocycles. The lowest BCUT2D eigenvalue weighted by molar-refractivity contribution is -0.384. The van der Waals surface area contributed by atoms with Gasteiger partial charge in [-0.2, -0.15) is 0 Å². The first kappa shape index (κ1) is 22.2. The Labute approximate surface area is 181 Å². The van der Waals surface area contributed by atoms with E-state index in [0.717, 1.165) is 11.1 Å². The normalized spacial score (nSPS) is 13.2. The summed E-state index contributed by atoms with van der Waals surface area (Å²) in [6.07, 6.45) is 0.206. The molecule has 0 radical (unpaired) electrons. The number of ether oxygens (including phenoxy) is 2. The molecule has 3 amide bonds. The van der Waals surface area contributed by atoms with E-state index in [0.29, 0.717) is 5.69 Å².